The number of benzene rings is 2. The van der Waals surface area contributed by atoms with Gasteiger partial charge < -0.3 is 19.1 Å². The monoisotopic (exact) mass is 552 g/mol. The van der Waals surface area contributed by atoms with Gasteiger partial charge in [-0.15, -0.1) is 0 Å². The second-order valence-electron chi connectivity index (χ2n) is 8.46. The first kappa shape index (κ1) is 25.7. The van der Waals surface area contributed by atoms with Gasteiger partial charge in [-0.25, -0.2) is 4.79 Å². The Balaban J connectivity index is 1.52. The smallest absolute Gasteiger partial charge is 0.338 e. The molecule has 0 radical (unpaired) electrons. The number of hydrogen-bond donors (Lipinski definition) is 0. The highest BCUT2D eigenvalue weighted by Crippen LogP contribution is 2.32. The van der Waals surface area contributed by atoms with Crippen molar-refractivity contribution in [3.63, 3.8) is 0 Å². The summed E-state index contributed by atoms with van der Waals surface area (Å²) in [5, 5.41) is 0. The first-order chi connectivity index (χ1) is 17.5. The molecular formula is C28H29BrN2O5. The lowest BCUT2D eigenvalue weighted by atomic mass is 10.1. The van der Waals surface area contributed by atoms with Gasteiger partial charge >= 0.3 is 5.97 Å². The third kappa shape index (κ3) is 6.25. The van der Waals surface area contributed by atoms with E-state index in [0.29, 0.717) is 42.4 Å². The molecule has 0 N–H and O–H groups in total. The minimum Gasteiger partial charge on any atom is -0.493 e. The van der Waals surface area contributed by atoms with Crippen molar-refractivity contribution in [2.45, 2.75) is 6.10 Å². The molecule has 0 aromatic heterocycles. The van der Waals surface area contributed by atoms with Crippen LogP contribution in [0.5, 0.6) is 11.5 Å². The number of ether oxygens (including phenoxy) is 3. The highest BCUT2D eigenvalue weighted by Gasteiger charge is 2.26. The van der Waals surface area contributed by atoms with E-state index < -0.39 is 12.1 Å². The molecule has 1 aliphatic heterocycles. The Hall–Kier alpha value is -3.36. The highest BCUT2D eigenvalue weighted by molar-refractivity contribution is 9.10. The number of carbonyl (C=O) groups is 1. The van der Waals surface area contributed by atoms with Crippen LogP contribution < -0.4 is 19.8 Å². The summed E-state index contributed by atoms with van der Waals surface area (Å²) in [6, 6.07) is 21.6. The molecule has 0 saturated carbocycles. The molecule has 7 nitrogen and oxygen atoms in total. The Bertz CT molecular complexity index is 1240. The second-order valence-corrected chi connectivity index (χ2v) is 9.38. The van der Waals surface area contributed by atoms with Gasteiger partial charge in [-0.2, -0.15) is 0 Å². The fourth-order valence-electron chi connectivity index (χ4n) is 4.24. The van der Waals surface area contributed by atoms with Crippen LogP contribution in [0.1, 0.15) is 22.0 Å². The molecule has 188 valence electrons. The van der Waals surface area contributed by atoms with E-state index in [-0.39, 0.29) is 5.43 Å². The third-order valence-corrected chi connectivity index (χ3v) is 6.75. The third-order valence-electron chi connectivity index (χ3n) is 6.22. The van der Waals surface area contributed by atoms with E-state index in [1.165, 1.54) is 0 Å². The number of hydrogen-bond acceptors (Lipinski definition) is 7. The molecule has 8 heteroatoms. The lowest BCUT2D eigenvalue weighted by Gasteiger charge is -2.37. The van der Waals surface area contributed by atoms with E-state index in [2.05, 4.69) is 25.7 Å². The highest BCUT2D eigenvalue weighted by atomic mass is 79.9. The summed E-state index contributed by atoms with van der Waals surface area (Å²) >= 11 is 3.40. The van der Waals surface area contributed by atoms with E-state index in [1.807, 2.05) is 48.5 Å². The van der Waals surface area contributed by atoms with Crippen LogP contribution in [0.2, 0.25) is 0 Å². The van der Waals surface area contributed by atoms with Crippen molar-refractivity contribution in [3.05, 3.63) is 98.6 Å². The number of methoxy groups -OCH3 is 2. The van der Waals surface area contributed by atoms with Crippen LogP contribution >= 0.6 is 15.9 Å². The van der Waals surface area contributed by atoms with E-state index in [9.17, 15) is 9.59 Å². The molecule has 1 fully saturated rings. The predicted octanol–water partition coefficient (Wildman–Crippen LogP) is 4.55. The lowest BCUT2D eigenvalue weighted by molar-refractivity contribution is 0.0189. The Labute approximate surface area is 219 Å². The van der Waals surface area contributed by atoms with Crippen LogP contribution in [0.3, 0.4) is 0 Å². The number of rotatable bonds is 8. The zero-order chi connectivity index (χ0) is 25.5. The van der Waals surface area contributed by atoms with Crippen molar-refractivity contribution in [1.29, 1.82) is 0 Å². The maximum atomic E-state index is 13.0. The molecule has 1 saturated heterocycles. The first-order valence-electron chi connectivity index (χ1n) is 11.7. The second kappa shape index (κ2) is 12.1. The summed E-state index contributed by atoms with van der Waals surface area (Å²) in [6.07, 6.45) is -0.517. The quantitative estimate of drug-likeness (QED) is 0.380. The SMILES string of the molecule is COc1ccc(C(CN2CCN(c3cccccc3=O)CC2)OC(=O)c2ccc(Br)cc2)cc1OC. The van der Waals surface area contributed by atoms with Gasteiger partial charge in [-0.05, 0) is 54.1 Å². The van der Waals surface area contributed by atoms with Gasteiger partial charge in [0, 0.05) is 37.2 Å². The Kier molecular flexibility index (Phi) is 8.61. The van der Waals surface area contributed by atoms with Crippen LogP contribution in [-0.2, 0) is 4.74 Å². The lowest BCUT2D eigenvalue weighted by Crippen LogP contribution is -2.48. The number of nitrogens with zero attached hydrogens (tertiary/aromatic N) is 2. The molecule has 1 unspecified atom stereocenters. The van der Waals surface area contributed by atoms with Crippen LogP contribution in [0.4, 0.5) is 5.69 Å². The molecule has 0 spiro atoms. The van der Waals surface area contributed by atoms with Gasteiger partial charge in [0.1, 0.15) is 6.10 Å². The summed E-state index contributed by atoms with van der Waals surface area (Å²) in [5.41, 5.74) is 2.02. The van der Waals surface area contributed by atoms with Crippen molar-refractivity contribution < 1.29 is 19.0 Å². The topological polar surface area (TPSA) is 68.3 Å². The maximum Gasteiger partial charge on any atom is 0.338 e. The van der Waals surface area contributed by atoms with E-state index in [0.717, 1.165) is 23.1 Å². The van der Waals surface area contributed by atoms with Crippen LogP contribution in [0.15, 0.2) is 82.1 Å². The normalized spacial score (nSPS) is 14.7. The average molecular weight is 553 g/mol. The Morgan fingerprint density at radius 1 is 0.889 bits per heavy atom. The molecule has 4 rings (SSSR count). The fourth-order valence-corrected chi connectivity index (χ4v) is 4.50. The van der Waals surface area contributed by atoms with Crippen LogP contribution in [0.25, 0.3) is 0 Å². The Morgan fingerprint density at radius 3 is 2.28 bits per heavy atom. The number of anilines is 1. The van der Waals surface area contributed by atoms with Crippen molar-refractivity contribution in [2.75, 3.05) is 51.8 Å². The van der Waals surface area contributed by atoms with Gasteiger partial charge in [0.05, 0.1) is 25.5 Å². The van der Waals surface area contributed by atoms with Crippen molar-refractivity contribution in [1.82, 2.24) is 4.90 Å². The summed E-state index contributed by atoms with van der Waals surface area (Å²) in [7, 11) is 3.17. The van der Waals surface area contributed by atoms with Gasteiger partial charge in [0.25, 0.3) is 0 Å². The molecule has 0 aliphatic carbocycles. The van der Waals surface area contributed by atoms with E-state index in [1.54, 1.807) is 38.5 Å². The van der Waals surface area contributed by atoms with E-state index >= 15 is 0 Å². The van der Waals surface area contributed by atoms with Gasteiger partial charge in [0.15, 0.2) is 11.5 Å². The predicted molar refractivity (Wildman–Crippen MR) is 143 cm³/mol. The summed E-state index contributed by atoms with van der Waals surface area (Å²) in [4.78, 5) is 29.8. The maximum absolute atomic E-state index is 13.0. The molecule has 36 heavy (non-hydrogen) atoms. The standard InChI is InChI=1S/C28H29BrN2O5/c1-34-25-13-10-21(18-26(25)35-2)27(36-28(33)20-8-11-22(29)12-9-20)19-30-14-16-31(17-15-30)23-6-4-3-5-7-24(23)32/h3-13,18,27H,14-17,19H2,1-2H3. The molecule has 1 atom stereocenters. The largest absolute Gasteiger partial charge is 0.493 e. The summed E-state index contributed by atoms with van der Waals surface area (Å²) in [5.74, 6) is 0.787. The summed E-state index contributed by atoms with van der Waals surface area (Å²) in [6.45, 7) is 3.39. The van der Waals surface area contributed by atoms with Crippen molar-refractivity contribution in [2.24, 2.45) is 0 Å². The molecule has 3 aromatic carbocycles. The summed E-state index contributed by atoms with van der Waals surface area (Å²) < 4.78 is 17.8. The molecule has 0 amide bonds. The number of carbonyl (C=O) groups excluding carboxylic acids is 1. The van der Waals surface area contributed by atoms with Crippen molar-refractivity contribution >= 4 is 27.6 Å². The molecule has 3 aromatic rings. The molecular weight excluding hydrogens is 524 g/mol. The minimum absolute atomic E-state index is 0.0140. The molecule has 1 aliphatic rings. The van der Waals surface area contributed by atoms with Crippen LogP contribution in [-0.4, -0.2) is 57.8 Å². The van der Waals surface area contributed by atoms with Gasteiger partial charge in [-0.3, -0.25) is 9.69 Å². The van der Waals surface area contributed by atoms with Crippen LogP contribution in [0, 0.1) is 0 Å². The zero-order valence-electron chi connectivity index (χ0n) is 20.4. The average Bonchev–Trinajstić information content (AvgIpc) is 3.12. The minimum atomic E-state index is -0.517. The number of piperazine rings is 1. The molecule has 0 bridgehead atoms. The number of halogens is 1. The zero-order valence-corrected chi connectivity index (χ0v) is 21.9. The number of esters is 1. The van der Waals surface area contributed by atoms with Gasteiger partial charge in [-0.1, -0.05) is 40.2 Å². The van der Waals surface area contributed by atoms with Gasteiger partial charge in [0.2, 0.25) is 5.43 Å². The first-order valence-corrected chi connectivity index (χ1v) is 12.5. The van der Waals surface area contributed by atoms with E-state index in [4.69, 9.17) is 14.2 Å². The Morgan fingerprint density at radius 2 is 1.58 bits per heavy atom. The van der Waals surface area contributed by atoms with Crippen molar-refractivity contribution in [3.8, 4) is 11.5 Å². The molecule has 1 heterocycles. The fraction of sp³-hybridized carbons (Fsp3) is 0.286.